The van der Waals surface area contributed by atoms with E-state index in [0.29, 0.717) is 0 Å². The van der Waals surface area contributed by atoms with Gasteiger partial charge in [0.2, 0.25) is 5.91 Å². The molecule has 2 aliphatic rings. The van der Waals surface area contributed by atoms with Crippen LogP contribution in [0, 0.1) is 0 Å². The Bertz CT molecular complexity index is 370. The molecule has 0 radical (unpaired) electrons. The van der Waals surface area contributed by atoms with Crippen molar-refractivity contribution in [3.05, 3.63) is 0 Å². The van der Waals surface area contributed by atoms with Crippen LogP contribution in [0.2, 0.25) is 0 Å². The Morgan fingerprint density at radius 1 is 1.19 bits per heavy atom. The molecule has 6 heteroatoms. The molecule has 2 heterocycles. The third-order valence-corrected chi connectivity index (χ3v) is 5.55. The minimum Gasteiger partial charge on any atom is -0.481 e. The Kier molecular flexibility index (Phi) is 6.36. The van der Waals surface area contributed by atoms with E-state index in [9.17, 15) is 9.59 Å². The number of carbonyl (C=O) groups is 2. The molecule has 2 saturated heterocycles. The first-order valence-corrected chi connectivity index (χ1v) is 9.09. The van der Waals surface area contributed by atoms with E-state index in [1.165, 1.54) is 12.8 Å². The van der Waals surface area contributed by atoms with Crippen molar-refractivity contribution in [3.8, 4) is 0 Å². The lowest BCUT2D eigenvalue weighted by atomic mass is 10.1. The highest BCUT2D eigenvalue weighted by Gasteiger charge is 2.33. The molecule has 21 heavy (non-hydrogen) atoms. The molecule has 1 amide bonds. The third kappa shape index (κ3) is 4.61. The van der Waals surface area contributed by atoms with Crippen LogP contribution in [0.3, 0.4) is 0 Å². The highest BCUT2D eigenvalue weighted by molar-refractivity contribution is 7.99. The molecule has 2 fully saturated rings. The lowest BCUT2D eigenvalue weighted by molar-refractivity contribution is -0.142. The van der Waals surface area contributed by atoms with Crippen molar-refractivity contribution < 1.29 is 14.7 Å². The standard InChI is InChI=1S/C15H26N2O3S/c1-12(15(20)16-6-4-2-3-5-7-16)17-8-9-21-11-13(17)10-14(18)19/h12-13H,2-11H2,1H3,(H,18,19). The molecule has 0 aromatic heterocycles. The van der Waals surface area contributed by atoms with Crippen molar-refractivity contribution in [2.45, 2.75) is 51.1 Å². The zero-order chi connectivity index (χ0) is 15.2. The smallest absolute Gasteiger partial charge is 0.304 e. The number of nitrogens with zero attached hydrogens (tertiary/aromatic N) is 2. The molecule has 0 aromatic carbocycles. The van der Waals surface area contributed by atoms with Crippen LogP contribution in [0.1, 0.15) is 39.0 Å². The number of carbonyl (C=O) groups excluding carboxylic acids is 1. The highest BCUT2D eigenvalue weighted by atomic mass is 32.2. The summed E-state index contributed by atoms with van der Waals surface area (Å²) in [6, 6.07) is -0.222. The summed E-state index contributed by atoms with van der Waals surface area (Å²) in [6.07, 6.45) is 4.73. The van der Waals surface area contributed by atoms with Gasteiger partial charge >= 0.3 is 5.97 Å². The van der Waals surface area contributed by atoms with Crippen LogP contribution >= 0.6 is 11.8 Å². The van der Waals surface area contributed by atoms with E-state index in [1.807, 2.05) is 11.8 Å². The van der Waals surface area contributed by atoms with Gasteiger partial charge in [-0.15, -0.1) is 0 Å². The minimum atomic E-state index is -0.776. The van der Waals surface area contributed by atoms with Gasteiger partial charge in [-0.2, -0.15) is 11.8 Å². The topological polar surface area (TPSA) is 60.9 Å². The summed E-state index contributed by atoms with van der Waals surface area (Å²) in [5.41, 5.74) is 0. The third-order valence-electron chi connectivity index (χ3n) is 4.46. The normalized spacial score (nSPS) is 26.1. The molecule has 120 valence electrons. The second-order valence-electron chi connectivity index (χ2n) is 5.98. The molecule has 0 aromatic rings. The van der Waals surface area contributed by atoms with Gasteiger partial charge in [0.05, 0.1) is 12.5 Å². The maximum absolute atomic E-state index is 12.7. The van der Waals surface area contributed by atoms with Gasteiger partial charge in [0, 0.05) is 37.2 Å². The molecule has 5 nitrogen and oxygen atoms in total. The second-order valence-corrected chi connectivity index (χ2v) is 7.13. The molecule has 1 N–H and O–H groups in total. The fourth-order valence-electron chi connectivity index (χ4n) is 3.25. The van der Waals surface area contributed by atoms with E-state index in [2.05, 4.69) is 4.90 Å². The Labute approximate surface area is 131 Å². The zero-order valence-electron chi connectivity index (χ0n) is 12.8. The van der Waals surface area contributed by atoms with Gasteiger partial charge in [-0.05, 0) is 19.8 Å². The average Bonchev–Trinajstić information content (AvgIpc) is 2.75. The SMILES string of the molecule is CC(C(=O)N1CCCCCC1)N1CCSCC1CC(=O)O. The predicted octanol–water partition coefficient (Wildman–Crippen LogP) is 1.67. The first kappa shape index (κ1) is 16.6. The molecule has 2 aliphatic heterocycles. The van der Waals surface area contributed by atoms with Gasteiger partial charge in [0.1, 0.15) is 0 Å². The van der Waals surface area contributed by atoms with Gasteiger partial charge in [0.25, 0.3) is 0 Å². The van der Waals surface area contributed by atoms with Crippen LogP contribution in [0.25, 0.3) is 0 Å². The molecule has 0 bridgehead atoms. The number of rotatable bonds is 4. The summed E-state index contributed by atoms with van der Waals surface area (Å²) in [7, 11) is 0. The van der Waals surface area contributed by atoms with Crippen molar-refractivity contribution in [3.63, 3.8) is 0 Å². The summed E-state index contributed by atoms with van der Waals surface area (Å²) in [6.45, 7) is 4.46. The summed E-state index contributed by atoms with van der Waals surface area (Å²) in [4.78, 5) is 27.8. The van der Waals surface area contributed by atoms with Crippen LogP contribution in [0.15, 0.2) is 0 Å². The molecule has 0 saturated carbocycles. The predicted molar refractivity (Wildman–Crippen MR) is 84.6 cm³/mol. The number of thioether (sulfide) groups is 1. The first-order valence-electron chi connectivity index (χ1n) is 7.93. The summed E-state index contributed by atoms with van der Waals surface area (Å²) in [5, 5.41) is 9.06. The van der Waals surface area contributed by atoms with Crippen molar-refractivity contribution in [1.29, 1.82) is 0 Å². The van der Waals surface area contributed by atoms with Crippen LogP contribution < -0.4 is 0 Å². The quantitative estimate of drug-likeness (QED) is 0.855. The lowest BCUT2D eigenvalue weighted by Gasteiger charge is -2.39. The fourth-order valence-corrected chi connectivity index (χ4v) is 4.34. The van der Waals surface area contributed by atoms with E-state index < -0.39 is 5.97 Å². The lowest BCUT2D eigenvalue weighted by Crippen LogP contribution is -2.54. The van der Waals surface area contributed by atoms with Crippen molar-refractivity contribution in [1.82, 2.24) is 9.80 Å². The van der Waals surface area contributed by atoms with Gasteiger partial charge in [0.15, 0.2) is 0 Å². The average molecular weight is 314 g/mol. The number of amides is 1. The van der Waals surface area contributed by atoms with Crippen molar-refractivity contribution in [2.75, 3.05) is 31.1 Å². The van der Waals surface area contributed by atoms with Crippen molar-refractivity contribution >= 4 is 23.6 Å². The van der Waals surface area contributed by atoms with Crippen LogP contribution in [-0.4, -0.2) is 70.0 Å². The Morgan fingerprint density at radius 3 is 2.48 bits per heavy atom. The van der Waals surface area contributed by atoms with Crippen molar-refractivity contribution in [2.24, 2.45) is 0 Å². The fraction of sp³-hybridized carbons (Fsp3) is 0.867. The molecular formula is C15H26N2O3S. The largest absolute Gasteiger partial charge is 0.481 e. The maximum atomic E-state index is 12.7. The van der Waals surface area contributed by atoms with Gasteiger partial charge < -0.3 is 10.0 Å². The number of carboxylic acids is 1. The molecule has 0 aliphatic carbocycles. The number of carboxylic acid groups (broad SMARTS) is 1. The van der Waals surface area contributed by atoms with E-state index in [4.69, 9.17) is 5.11 Å². The van der Waals surface area contributed by atoms with Gasteiger partial charge in [-0.3, -0.25) is 14.5 Å². The number of hydrogen-bond donors (Lipinski definition) is 1. The summed E-state index contributed by atoms with van der Waals surface area (Å²) >= 11 is 1.79. The van der Waals surface area contributed by atoms with Crippen LogP contribution in [0.5, 0.6) is 0 Å². The molecular weight excluding hydrogens is 288 g/mol. The Balaban J connectivity index is 1.99. The van der Waals surface area contributed by atoms with Crippen LogP contribution in [-0.2, 0) is 9.59 Å². The minimum absolute atomic E-state index is 0.0211. The highest BCUT2D eigenvalue weighted by Crippen LogP contribution is 2.23. The van der Waals surface area contributed by atoms with E-state index in [1.54, 1.807) is 11.8 Å². The maximum Gasteiger partial charge on any atom is 0.304 e. The number of aliphatic carboxylic acids is 1. The first-order chi connectivity index (χ1) is 10.1. The number of hydrogen-bond acceptors (Lipinski definition) is 4. The zero-order valence-corrected chi connectivity index (χ0v) is 13.6. The van der Waals surface area contributed by atoms with E-state index in [0.717, 1.165) is 44.0 Å². The van der Waals surface area contributed by atoms with E-state index >= 15 is 0 Å². The molecule has 2 unspecified atom stereocenters. The molecule has 2 rings (SSSR count). The molecule has 2 atom stereocenters. The summed E-state index contributed by atoms with van der Waals surface area (Å²) in [5.74, 6) is 1.19. The number of likely N-dealkylation sites (tertiary alicyclic amines) is 1. The van der Waals surface area contributed by atoms with Gasteiger partial charge in [-0.1, -0.05) is 12.8 Å². The van der Waals surface area contributed by atoms with Crippen LogP contribution in [0.4, 0.5) is 0 Å². The van der Waals surface area contributed by atoms with E-state index in [-0.39, 0.29) is 24.4 Å². The second kappa shape index (κ2) is 8.03. The summed E-state index contributed by atoms with van der Waals surface area (Å²) < 4.78 is 0. The Morgan fingerprint density at radius 2 is 1.86 bits per heavy atom. The Hall–Kier alpha value is -0.750. The van der Waals surface area contributed by atoms with Gasteiger partial charge in [-0.25, -0.2) is 0 Å². The molecule has 0 spiro atoms. The monoisotopic (exact) mass is 314 g/mol.